The van der Waals surface area contributed by atoms with Crippen molar-refractivity contribution < 1.29 is 18.4 Å². The van der Waals surface area contributed by atoms with Gasteiger partial charge in [-0.1, -0.05) is 36.4 Å². The summed E-state index contributed by atoms with van der Waals surface area (Å²) >= 11 is 0. The summed E-state index contributed by atoms with van der Waals surface area (Å²) in [5.41, 5.74) is 2.43. The van der Waals surface area contributed by atoms with Gasteiger partial charge in [0, 0.05) is 24.3 Å². The quantitative estimate of drug-likeness (QED) is 0.595. The van der Waals surface area contributed by atoms with E-state index in [2.05, 4.69) is 20.8 Å². The van der Waals surface area contributed by atoms with Crippen molar-refractivity contribution in [3.63, 3.8) is 0 Å². The number of aromatic nitrogens is 2. The Kier molecular flexibility index (Phi) is 7.48. The Morgan fingerprint density at radius 3 is 2.71 bits per heavy atom. The molecule has 1 aliphatic carbocycles. The van der Waals surface area contributed by atoms with Crippen molar-refractivity contribution in [2.75, 3.05) is 5.32 Å². The van der Waals surface area contributed by atoms with Gasteiger partial charge in [-0.05, 0) is 37.0 Å². The standard InChI is InChI=1S/C23H24F2N4O2/c1-15(26-22(30)12-17-7-9-18(24)13-19(25)11-17)23(31)27-21-14-20(28-29-21)10-8-16-5-3-2-4-6-16/h2-7,11,13-15H,8-10,12H2,1H3,(H,26,30)(H2,27,28,29,31)/t15-/m0/s1. The van der Waals surface area contributed by atoms with Gasteiger partial charge >= 0.3 is 0 Å². The van der Waals surface area contributed by atoms with E-state index >= 15 is 0 Å². The Labute approximate surface area is 179 Å². The highest BCUT2D eigenvalue weighted by molar-refractivity contribution is 5.96. The smallest absolute Gasteiger partial charge is 0.247 e. The van der Waals surface area contributed by atoms with Gasteiger partial charge in [-0.15, -0.1) is 0 Å². The fourth-order valence-corrected chi connectivity index (χ4v) is 3.09. The highest BCUT2D eigenvalue weighted by Crippen LogP contribution is 2.20. The molecule has 0 aliphatic heterocycles. The first-order valence-electron chi connectivity index (χ1n) is 10.00. The predicted octanol–water partition coefficient (Wildman–Crippen LogP) is 4.07. The fourth-order valence-electron chi connectivity index (χ4n) is 3.09. The van der Waals surface area contributed by atoms with Crippen molar-refractivity contribution in [2.45, 2.75) is 38.6 Å². The highest BCUT2D eigenvalue weighted by Gasteiger charge is 2.18. The first-order chi connectivity index (χ1) is 14.9. The molecule has 1 heterocycles. The van der Waals surface area contributed by atoms with Crippen LogP contribution >= 0.6 is 0 Å². The van der Waals surface area contributed by atoms with E-state index in [0.717, 1.165) is 30.7 Å². The number of rotatable bonds is 8. The number of aryl methyl sites for hydroxylation is 2. The number of H-pyrrole nitrogens is 1. The highest BCUT2D eigenvalue weighted by atomic mass is 19.1. The molecule has 6 nitrogen and oxygen atoms in total. The van der Waals surface area contributed by atoms with E-state index in [4.69, 9.17) is 0 Å². The predicted molar refractivity (Wildman–Crippen MR) is 114 cm³/mol. The molecule has 8 heteroatoms. The van der Waals surface area contributed by atoms with Gasteiger partial charge in [0.1, 0.15) is 17.7 Å². The van der Waals surface area contributed by atoms with Crippen LogP contribution in [0.15, 0.2) is 71.9 Å². The van der Waals surface area contributed by atoms with Crippen LogP contribution in [0.1, 0.15) is 31.0 Å². The number of amides is 2. The first kappa shape index (κ1) is 22.1. The molecule has 3 rings (SSSR count). The Bertz CT molecular complexity index is 1030. The van der Waals surface area contributed by atoms with Gasteiger partial charge < -0.3 is 10.6 Å². The molecule has 2 amide bonds. The molecule has 0 saturated carbocycles. The number of nitrogens with zero attached hydrogens (tertiary/aromatic N) is 1. The fraction of sp³-hybridized carbons (Fsp3) is 0.261. The minimum absolute atomic E-state index is 0.0751. The van der Waals surface area contributed by atoms with Crippen LogP contribution in [0.2, 0.25) is 0 Å². The van der Waals surface area contributed by atoms with Gasteiger partial charge in [0.25, 0.3) is 0 Å². The third-order valence-electron chi connectivity index (χ3n) is 4.72. The molecule has 0 bridgehead atoms. The van der Waals surface area contributed by atoms with E-state index in [-0.39, 0.29) is 12.8 Å². The zero-order valence-corrected chi connectivity index (χ0v) is 17.1. The molecule has 0 radical (unpaired) electrons. The van der Waals surface area contributed by atoms with Gasteiger partial charge in [0.05, 0.1) is 6.42 Å². The summed E-state index contributed by atoms with van der Waals surface area (Å²) < 4.78 is 26.7. The molecule has 0 unspecified atom stereocenters. The number of nitrogens with one attached hydrogen (secondary N) is 3. The second kappa shape index (κ2) is 10.5. The molecule has 0 fully saturated rings. The number of aromatic amines is 1. The summed E-state index contributed by atoms with van der Waals surface area (Å²) in [6.45, 7) is 1.54. The lowest BCUT2D eigenvalue weighted by atomic mass is 10.1. The van der Waals surface area contributed by atoms with Crippen LogP contribution in [0.5, 0.6) is 0 Å². The van der Waals surface area contributed by atoms with Gasteiger partial charge in [0.15, 0.2) is 5.82 Å². The van der Waals surface area contributed by atoms with Crippen LogP contribution in [0, 0.1) is 0 Å². The van der Waals surface area contributed by atoms with Crippen molar-refractivity contribution in [2.24, 2.45) is 0 Å². The van der Waals surface area contributed by atoms with E-state index in [1.165, 1.54) is 18.6 Å². The average Bonchev–Trinajstić information content (AvgIpc) is 3.11. The number of halogens is 2. The molecular formula is C23H24F2N4O2. The number of carbonyl (C=O) groups is 2. The monoisotopic (exact) mass is 426 g/mol. The van der Waals surface area contributed by atoms with Crippen molar-refractivity contribution in [1.29, 1.82) is 0 Å². The lowest BCUT2D eigenvalue weighted by Crippen LogP contribution is -2.41. The molecule has 1 aromatic heterocycles. The number of hydrogen-bond donors (Lipinski definition) is 3. The van der Waals surface area contributed by atoms with Crippen molar-refractivity contribution in [3.8, 4) is 0 Å². The zero-order chi connectivity index (χ0) is 22.2. The first-order valence-corrected chi connectivity index (χ1v) is 10.00. The average molecular weight is 426 g/mol. The van der Waals surface area contributed by atoms with Crippen molar-refractivity contribution in [1.82, 2.24) is 15.5 Å². The molecule has 3 N–H and O–H groups in total. The van der Waals surface area contributed by atoms with Gasteiger partial charge in [-0.2, -0.15) is 5.10 Å². The SMILES string of the molecule is C[C@H](NC(=O)CC1=CCC(F)=CC(F)=C1)C(=O)Nc1cc(CCc2ccccc2)[nH]n1. The third-order valence-corrected chi connectivity index (χ3v) is 4.72. The number of anilines is 1. The van der Waals surface area contributed by atoms with E-state index < -0.39 is 29.5 Å². The molecule has 1 atom stereocenters. The molecule has 0 spiro atoms. The summed E-state index contributed by atoms with van der Waals surface area (Å²) in [5, 5.41) is 12.2. The Morgan fingerprint density at radius 1 is 1.16 bits per heavy atom. The summed E-state index contributed by atoms with van der Waals surface area (Å²) in [7, 11) is 0. The third kappa shape index (κ3) is 7.02. The maximum Gasteiger partial charge on any atom is 0.247 e. The van der Waals surface area contributed by atoms with Gasteiger partial charge in [-0.25, -0.2) is 8.78 Å². The van der Waals surface area contributed by atoms with Crippen LogP contribution in [0.25, 0.3) is 0 Å². The minimum Gasteiger partial charge on any atom is -0.344 e. The largest absolute Gasteiger partial charge is 0.344 e. The maximum atomic E-state index is 13.5. The van der Waals surface area contributed by atoms with E-state index in [1.807, 2.05) is 30.3 Å². The molecule has 162 valence electrons. The number of carbonyl (C=O) groups excluding carboxylic acids is 2. The molecule has 1 aromatic carbocycles. The van der Waals surface area contributed by atoms with Crippen LogP contribution in [-0.4, -0.2) is 28.1 Å². The number of benzene rings is 1. The Hall–Kier alpha value is -3.55. The lowest BCUT2D eigenvalue weighted by molar-refractivity contribution is -0.125. The summed E-state index contributed by atoms with van der Waals surface area (Å²) in [5.74, 6) is -1.89. The van der Waals surface area contributed by atoms with Crippen molar-refractivity contribution in [3.05, 3.63) is 83.1 Å². The number of allylic oxidation sites excluding steroid dienone is 5. The topological polar surface area (TPSA) is 86.9 Å². The molecular weight excluding hydrogens is 402 g/mol. The van der Waals surface area contributed by atoms with Gasteiger partial charge in [-0.3, -0.25) is 14.7 Å². The zero-order valence-electron chi connectivity index (χ0n) is 17.1. The van der Waals surface area contributed by atoms with E-state index in [0.29, 0.717) is 11.4 Å². The Morgan fingerprint density at radius 2 is 1.94 bits per heavy atom. The number of hydrogen-bond acceptors (Lipinski definition) is 3. The molecule has 31 heavy (non-hydrogen) atoms. The van der Waals surface area contributed by atoms with Crippen LogP contribution in [0.4, 0.5) is 14.6 Å². The second-order valence-corrected chi connectivity index (χ2v) is 7.32. The van der Waals surface area contributed by atoms with Crippen LogP contribution in [0.3, 0.4) is 0 Å². The van der Waals surface area contributed by atoms with Crippen LogP contribution in [-0.2, 0) is 22.4 Å². The van der Waals surface area contributed by atoms with Crippen molar-refractivity contribution >= 4 is 17.6 Å². The minimum atomic E-state index is -0.827. The summed E-state index contributed by atoms with van der Waals surface area (Å²) in [4.78, 5) is 24.5. The van der Waals surface area contributed by atoms with Gasteiger partial charge in [0.2, 0.25) is 11.8 Å². The second-order valence-electron chi connectivity index (χ2n) is 7.32. The maximum absolute atomic E-state index is 13.5. The van der Waals surface area contributed by atoms with Crippen LogP contribution < -0.4 is 10.6 Å². The summed E-state index contributed by atoms with van der Waals surface area (Å²) in [6, 6.07) is 11.0. The molecule has 0 saturated heterocycles. The molecule has 2 aromatic rings. The Balaban J connectivity index is 1.46. The normalized spacial score (nSPS) is 14.6. The van der Waals surface area contributed by atoms with E-state index in [1.54, 1.807) is 6.07 Å². The van der Waals surface area contributed by atoms with E-state index in [9.17, 15) is 18.4 Å². The summed E-state index contributed by atoms with van der Waals surface area (Å²) in [6.07, 6.45) is 4.70. The molecule has 1 aliphatic rings. The lowest BCUT2D eigenvalue weighted by Gasteiger charge is -2.13.